The monoisotopic (exact) mass is 200 g/mol. The van der Waals surface area contributed by atoms with E-state index in [4.69, 9.17) is 18.6 Å². The number of ether oxygens (including phenoxy) is 3. The Kier molecular flexibility index (Phi) is 4.49. The minimum absolute atomic E-state index is 0.0877. The van der Waals surface area contributed by atoms with E-state index in [-0.39, 0.29) is 12.9 Å². The van der Waals surface area contributed by atoms with Crippen LogP contribution in [-0.4, -0.2) is 20.5 Å². The zero-order valence-electron chi connectivity index (χ0n) is 8.78. The van der Waals surface area contributed by atoms with Gasteiger partial charge in [0, 0.05) is 7.11 Å². The van der Waals surface area contributed by atoms with Gasteiger partial charge in [0.05, 0.1) is 24.5 Å². The molecule has 0 spiro atoms. The third-order valence-electron chi connectivity index (χ3n) is 1.81. The second-order valence-corrected chi connectivity index (χ2v) is 2.81. The highest BCUT2D eigenvalue weighted by Crippen LogP contribution is 2.28. The summed E-state index contributed by atoms with van der Waals surface area (Å²) in [4.78, 5) is 0. The third-order valence-corrected chi connectivity index (χ3v) is 1.81. The van der Waals surface area contributed by atoms with Crippen LogP contribution in [0, 0.1) is 0 Å². The second kappa shape index (κ2) is 5.67. The first-order valence-electron chi connectivity index (χ1n) is 4.60. The molecule has 4 nitrogen and oxygen atoms in total. The Bertz CT molecular complexity index is 256. The van der Waals surface area contributed by atoms with E-state index in [1.165, 1.54) is 0 Å². The van der Waals surface area contributed by atoms with Gasteiger partial charge in [-0.3, -0.25) is 0 Å². The molecule has 1 heterocycles. The summed E-state index contributed by atoms with van der Waals surface area (Å²) in [5, 5.41) is 0. The normalized spacial score (nSPS) is 12.8. The van der Waals surface area contributed by atoms with Gasteiger partial charge in [-0.25, -0.2) is 0 Å². The Morgan fingerprint density at radius 1 is 1.50 bits per heavy atom. The van der Waals surface area contributed by atoms with Crippen molar-refractivity contribution in [2.24, 2.45) is 0 Å². The molecule has 1 aromatic rings. The van der Waals surface area contributed by atoms with Gasteiger partial charge in [0.15, 0.2) is 0 Å². The Morgan fingerprint density at radius 2 is 2.29 bits per heavy atom. The molecule has 0 aliphatic heterocycles. The maximum Gasteiger partial charge on any atom is 0.290 e. The van der Waals surface area contributed by atoms with Gasteiger partial charge >= 0.3 is 0 Å². The molecule has 0 amide bonds. The topological polar surface area (TPSA) is 40.8 Å². The van der Waals surface area contributed by atoms with Crippen molar-refractivity contribution < 1.29 is 18.6 Å². The molecule has 0 N–H and O–H groups in total. The average molecular weight is 200 g/mol. The molecule has 0 saturated heterocycles. The van der Waals surface area contributed by atoms with Crippen molar-refractivity contribution >= 4 is 0 Å². The van der Waals surface area contributed by atoms with Crippen molar-refractivity contribution in [1.29, 1.82) is 0 Å². The Hall–Kier alpha value is -1.00. The molecule has 1 atom stereocenters. The van der Waals surface area contributed by atoms with E-state index >= 15 is 0 Å². The molecule has 1 aromatic heterocycles. The fourth-order valence-corrected chi connectivity index (χ4v) is 1.12. The molecular weight excluding hydrogens is 184 g/mol. The van der Waals surface area contributed by atoms with E-state index in [1.54, 1.807) is 13.4 Å². The van der Waals surface area contributed by atoms with Crippen LogP contribution in [0.15, 0.2) is 16.7 Å². The molecule has 1 unspecified atom stereocenters. The van der Waals surface area contributed by atoms with Gasteiger partial charge in [-0.1, -0.05) is 0 Å². The lowest BCUT2D eigenvalue weighted by atomic mass is 10.2. The minimum Gasteiger partial charge on any atom is -0.465 e. The second-order valence-electron chi connectivity index (χ2n) is 2.81. The van der Waals surface area contributed by atoms with Crippen LogP contribution in [0.4, 0.5) is 0 Å². The molecule has 0 radical (unpaired) electrons. The molecular formula is C10H16O4. The van der Waals surface area contributed by atoms with Gasteiger partial charge in [-0.2, -0.15) is 0 Å². The zero-order chi connectivity index (χ0) is 10.4. The van der Waals surface area contributed by atoms with E-state index in [0.717, 1.165) is 5.56 Å². The first-order chi connectivity index (χ1) is 6.79. The quantitative estimate of drug-likeness (QED) is 0.661. The van der Waals surface area contributed by atoms with Crippen molar-refractivity contribution in [3.05, 3.63) is 17.9 Å². The largest absolute Gasteiger partial charge is 0.465 e. The first-order valence-corrected chi connectivity index (χ1v) is 4.60. The average Bonchev–Trinajstić information content (AvgIpc) is 2.63. The van der Waals surface area contributed by atoms with Crippen molar-refractivity contribution in [3.8, 4) is 5.95 Å². The summed E-state index contributed by atoms with van der Waals surface area (Å²) >= 11 is 0. The predicted molar refractivity (Wildman–Crippen MR) is 51.3 cm³/mol. The Morgan fingerprint density at radius 3 is 2.93 bits per heavy atom. The fourth-order valence-electron chi connectivity index (χ4n) is 1.12. The number of hydrogen-bond acceptors (Lipinski definition) is 4. The van der Waals surface area contributed by atoms with Gasteiger partial charge in [0.25, 0.3) is 5.95 Å². The highest BCUT2D eigenvalue weighted by atomic mass is 16.7. The summed E-state index contributed by atoms with van der Waals surface area (Å²) < 4.78 is 20.6. The molecule has 0 aliphatic rings. The fraction of sp³-hybridized carbons (Fsp3) is 0.600. The summed E-state index contributed by atoms with van der Waals surface area (Å²) in [6.45, 7) is 4.68. The summed E-state index contributed by atoms with van der Waals surface area (Å²) in [5.74, 6) is 0.524. The van der Waals surface area contributed by atoms with Crippen LogP contribution in [0.1, 0.15) is 25.5 Å². The standard InChI is InChI=1S/C10H16O4/c1-4-12-10-9(5-6-13-10)8(2)14-7-11-3/h5-6,8H,4,7H2,1-3H3. The maximum absolute atomic E-state index is 5.36. The maximum atomic E-state index is 5.36. The Labute approximate surface area is 83.8 Å². The number of rotatable bonds is 6. The van der Waals surface area contributed by atoms with Gasteiger partial charge in [0.1, 0.15) is 6.79 Å². The van der Waals surface area contributed by atoms with Crippen molar-refractivity contribution in [1.82, 2.24) is 0 Å². The van der Waals surface area contributed by atoms with Crippen LogP contribution >= 0.6 is 0 Å². The summed E-state index contributed by atoms with van der Waals surface area (Å²) in [6, 6.07) is 1.84. The van der Waals surface area contributed by atoms with Crippen LogP contribution in [0.5, 0.6) is 5.95 Å². The van der Waals surface area contributed by atoms with E-state index in [9.17, 15) is 0 Å². The lowest BCUT2D eigenvalue weighted by molar-refractivity contribution is -0.0675. The van der Waals surface area contributed by atoms with Crippen LogP contribution in [0.3, 0.4) is 0 Å². The van der Waals surface area contributed by atoms with Crippen LogP contribution < -0.4 is 4.74 Å². The number of furan rings is 1. The molecule has 0 aliphatic carbocycles. The molecule has 14 heavy (non-hydrogen) atoms. The van der Waals surface area contributed by atoms with Crippen LogP contribution in [-0.2, 0) is 9.47 Å². The molecule has 4 heteroatoms. The van der Waals surface area contributed by atoms with Crippen molar-refractivity contribution in [3.63, 3.8) is 0 Å². The summed E-state index contributed by atoms with van der Waals surface area (Å²) in [5.41, 5.74) is 0.906. The van der Waals surface area contributed by atoms with Crippen LogP contribution in [0.2, 0.25) is 0 Å². The van der Waals surface area contributed by atoms with Gasteiger partial charge in [0.2, 0.25) is 0 Å². The van der Waals surface area contributed by atoms with Crippen LogP contribution in [0.25, 0.3) is 0 Å². The molecule has 0 saturated carbocycles. The van der Waals surface area contributed by atoms with E-state index in [2.05, 4.69) is 0 Å². The van der Waals surface area contributed by atoms with Crippen molar-refractivity contribution in [2.75, 3.05) is 20.5 Å². The highest BCUT2D eigenvalue weighted by Gasteiger charge is 2.14. The van der Waals surface area contributed by atoms with Gasteiger partial charge in [-0.05, 0) is 19.9 Å². The molecule has 1 rings (SSSR count). The molecule has 0 fully saturated rings. The molecule has 80 valence electrons. The Balaban J connectivity index is 2.58. The first kappa shape index (κ1) is 11.1. The minimum atomic E-state index is -0.0877. The lowest BCUT2D eigenvalue weighted by Gasteiger charge is -2.11. The van der Waals surface area contributed by atoms with Crippen molar-refractivity contribution in [2.45, 2.75) is 20.0 Å². The molecule has 0 bridgehead atoms. The third kappa shape index (κ3) is 2.75. The zero-order valence-corrected chi connectivity index (χ0v) is 8.78. The molecule has 0 aromatic carbocycles. The highest BCUT2D eigenvalue weighted by molar-refractivity contribution is 5.24. The predicted octanol–water partition coefficient (Wildman–Crippen LogP) is 2.36. The number of methoxy groups -OCH3 is 1. The smallest absolute Gasteiger partial charge is 0.290 e. The summed E-state index contributed by atoms with van der Waals surface area (Å²) in [7, 11) is 1.59. The van der Waals surface area contributed by atoms with E-state index in [1.807, 2.05) is 19.9 Å². The lowest BCUT2D eigenvalue weighted by Crippen LogP contribution is -2.04. The SMILES string of the molecule is CCOc1occc1C(C)OCOC. The van der Waals surface area contributed by atoms with E-state index in [0.29, 0.717) is 12.6 Å². The van der Waals surface area contributed by atoms with Gasteiger partial charge < -0.3 is 18.6 Å². The summed E-state index contributed by atoms with van der Waals surface area (Å²) in [6.07, 6.45) is 1.50. The number of hydrogen-bond donors (Lipinski definition) is 0. The van der Waals surface area contributed by atoms with Gasteiger partial charge in [-0.15, -0.1) is 0 Å². The van der Waals surface area contributed by atoms with E-state index < -0.39 is 0 Å².